The molecular weight excluding hydrogens is 304 g/mol. The Labute approximate surface area is 142 Å². The summed E-state index contributed by atoms with van der Waals surface area (Å²) >= 11 is 6.30. The van der Waals surface area contributed by atoms with Crippen molar-refractivity contribution in [1.29, 1.82) is 10.5 Å². The van der Waals surface area contributed by atoms with E-state index in [1.165, 1.54) is 16.7 Å². The van der Waals surface area contributed by atoms with Gasteiger partial charge in [-0.3, -0.25) is 0 Å². The first kappa shape index (κ1) is 17.1. The molecule has 0 saturated carbocycles. The van der Waals surface area contributed by atoms with Crippen molar-refractivity contribution in [1.82, 2.24) is 0 Å². The molecule has 2 aromatic carbocycles. The zero-order valence-electron chi connectivity index (χ0n) is 13.5. The van der Waals surface area contributed by atoms with Crippen LogP contribution in [0.4, 0.5) is 0 Å². The fourth-order valence-electron chi connectivity index (χ4n) is 2.79. The molecular formula is C20H19ClN2. The second-order valence-electron chi connectivity index (χ2n) is 5.56. The van der Waals surface area contributed by atoms with E-state index in [2.05, 4.69) is 38.1 Å². The molecule has 0 aliphatic heterocycles. The monoisotopic (exact) mass is 322 g/mol. The van der Waals surface area contributed by atoms with Crippen LogP contribution in [0.15, 0.2) is 30.3 Å². The zero-order chi connectivity index (χ0) is 16.8. The van der Waals surface area contributed by atoms with Crippen LogP contribution in [-0.4, -0.2) is 0 Å². The molecule has 0 aromatic heterocycles. The van der Waals surface area contributed by atoms with Crippen molar-refractivity contribution in [3.63, 3.8) is 0 Å². The molecule has 2 rings (SSSR count). The van der Waals surface area contributed by atoms with Crippen molar-refractivity contribution in [3.8, 4) is 12.1 Å². The predicted molar refractivity (Wildman–Crippen MR) is 93.5 cm³/mol. The lowest BCUT2D eigenvalue weighted by molar-refractivity contribution is 0.922. The Morgan fingerprint density at radius 2 is 1.39 bits per heavy atom. The second kappa shape index (κ2) is 7.82. The van der Waals surface area contributed by atoms with Gasteiger partial charge in [-0.05, 0) is 72.2 Å². The Morgan fingerprint density at radius 3 is 1.91 bits per heavy atom. The van der Waals surface area contributed by atoms with E-state index in [-0.39, 0.29) is 0 Å². The number of hydrogen-bond donors (Lipinski definition) is 0. The number of rotatable bonds is 5. The molecule has 0 unspecified atom stereocenters. The summed E-state index contributed by atoms with van der Waals surface area (Å²) in [5.74, 6) is 0. The van der Waals surface area contributed by atoms with Crippen molar-refractivity contribution >= 4 is 11.6 Å². The van der Waals surface area contributed by atoms with E-state index in [0.29, 0.717) is 11.1 Å². The van der Waals surface area contributed by atoms with Crippen LogP contribution < -0.4 is 0 Å². The molecule has 3 heteroatoms. The van der Waals surface area contributed by atoms with E-state index in [4.69, 9.17) is 22.1 Å². The molecule has 0 fully saturated rings. The second-order valence-corrected chi connectivity index (χ2v) is 5.97. The van der Waals surface area contributed by atoms with Gasteiger partial charge in [0.15, 0.2) is 0 Å². The molecule has 0 radical (unpaired) electrons. The maximum absolute atomic E-state index is 9.07. The van der Waals surface area contributed by atoms with Crippen LogP contribution in [0.2, 0.25) is 5.02 Å². The smallest absolute Gasteiger partial charge is 0.0992 e. The summed E-state index contributed by atoms with van der Waals surface area (Å²) in [5, 5.41) is 19.0. The third kappa shape index (κ3) is 4.13. The molecule has 2 nitrogen and oxygen atoms in total. The van der Waals surface area contributed by atoms with Gasteiger partial charge in [-0.25, -0.2) is 0 Å². The maximum Gasteiger partial charge on any atom is 0.0992 e. The first-order chi connectivity index (χ1) is 11.1. The van der Waals surface area contributed by atoms with Gasteiger partial charge in [0.1, 0.15) is 0 Å². The van der Waals surface area contributed by atoms with Gasteiger partial charge < -0.3 is 0 Å². The summed E-state index contributed by atoms with van der Waals surface area (Å²) in [6.45, 7) is 4.23. The summed E-state index contributed by atoms with van der Waals surface area (Å²) in [4.78, 5) is 0. The SMILES string of the molecule is CCc1cc(CCc2cc(C#N)cc(C#N)c2)c(CC)cc1Cl. The highest BCUT2D eigenvalue weighted by Crippen LogP contribution is 2.24. The quantitative estimate of drug-likeness (QED) is 0.778. The summed E-state index contributed by atoms with van der Waals surface area (Å²) in [6, 6.07) is 13.9. The molecule has 116 valence electrons. The maximum atomic E-state index is 9.07. The fourth-order valence-corrected chi connectivity index (χ4v) is 3.11. The van der Waals surface area contributed by atoms with Crippen molar-refractivity contribution < 1.29 is 0 Å². The topological polar surface area (TPSA) is 47.6 Å². The van der Waals surface area contributed by atoms with E-state index >= 15 is 0 Å². The van der Waals surface area contributed by atoms with E-state index in [9.17, 15) is 0 Å². The van der Waals surface area contributed by atoms with Crippen LogP contribution in [0.3, 0.4) is 0 Å². The number of halogens is 1. The standard InChI is InChI=1S/C20H19ClN2/c1-3-17-11-20(21)18(4-2)10-19(17)6-5-14-7-15(12-22)9-16(8-14)13-23/h7-11H,3-6H2,1-2H3. The highest BCUT2D eigenvalue weighted by atomic mass is 35.5. The van der Waals surface area contributed by atoms with Crippen LogP contribution in [0.5, 0.6) is 0 Å². The highest BCUT2D eigenvalue weighted by molar-refractivity contribution is 6.31. The van der Waals surface area contributed by atoms with Gasteiger partial charge in [-0.2, -0.15) is 10.5 Å². The molecule has 0 aliphatic carbocycles. The lowest BCUT2D eigenvalue weighted by atomic mass is 9.94. The fraction of sp³-hybridized carbons (Fsp3) is 0.300. The Hall–Kier alpha value is -2.29. The molecule has 0 saturated heterocycles. The van der Waals surface area contributed by atoms with Gasteiger partial charge >= 0.3 is 0 Å². The average molecular weight is 323 g/mol. The van der Waals surface area contributed by atoms with Crippen molar-refractivity contribution in [2.75, 3.05) is 0 Å². The molecule has 0 spiro atoms. The Bertz CT molecular complexity index is 762. The van der Waals surface area contributed by atoms with Gasteiger partial charge in [0.05, 0.1) is 23.3 Å². The third-order valence-corrected chi connectivity index (χ3v) is 4.42. The minimum atomic E-state index is 0.542. The van der Waals surface area contributed by atoms with Gasteiger partial charge in [-0.1, -0.05) is 31.5 Å². The predicted octanol–water partition coefficient (Wildman–Crippen LogP) is 4.99. The first-order valence-electron chi connectivity index (χ1n) is 7.85. The van der Waals surface area contributed by atoms with E-state index < -0.39 is 0 Å². The largest absolute Gasteiger partial charge is 0.192 e. The first-order valence-corrected chi connectivity index (χ1v) is 8.23. The van der Waals surface area contributed by atoms with Crippen LogP contribution in [0.25, 0.3) is 0 Å². The minimum Gasteiger partial charge on any atom is -0.192 e. The number of nitrogens with zero attached hydrogens (tertiary/aromatic N) is 2. The lowest BCUT2D eigenvalue weighted by Gasteiger charge is -2.12. The lowest BCUT2D eigenvalue weighted by Crippen LogP contribution is -2.00. The molecule has 0 heterocycles. The zero-order valence-corrected chi connectivity index (χ0v) is 14.2. The van der Waals surface area contributed by atoms with Gasteiger partial charge in [0, 0.05) is 5.02 Å². The number of nitriles is 2. The molecule has 0 bridgehead atoms. The molecule has 0 atom stereocenters. The number of aryl methyl sites for hydroxylation is 4. The van der Waals surface area contributed by atoms with Gasteiger partial charge in [0.25, 0.3) is 0 Å². The normalized spacial score (nSPS) is 10.1. The minimum absolute atomic E-state index is 0.542. The van der Waals surface area contributed by atoms with Gasteiger partial charge in [0.2, 0.25) is 0 Å². The summed E-state index contributed by atoms with van der Waals surface area (Å²) in [5.41, 5.74) is 5.84. The van der Waals surface area contributed by atoms with Crippen LogP contribution in [-0.2, 0) is 25.7 Å². The molecule has 0 N–H and O–H groups in total. The summed E-state index contributed by atoms with van der Waals surface area (Å²) < 4.78 is 0. The number of hydrogen-bond acceptors (Lipinski definition) is 2. The Kier molecular flexibility index (Phi) is 5.80. The van der Waals surface area contributed by atoms with Crippen LogP contribution in [0, 0.1) is 22.7 Å². The van der Waals surface area contributed by atoms with E-state index in [1.807, 2.05) is 12.1 Å². The molecule has 23 heavy (non-hydrogen) atoms. The summed E-state index contributed by atoms with van der Waals surface area (Å²) in [6.07, 6.45) is 3.55. The molecule has 0 amide bonds. The average Bonchev–Trinajstić information content (AvgIpc) is 2.59. The van der Waals surface area contributed by atoms with Crippen molar-refractivity contribution in [3.05, 3.63) is 68.7 Å². The Morgan fingerprint density at radius 1 is 0.783 bits per heavy atom. The number of benzene rings is 2. The van der Waals surface area contributed by atoms with E-state index in [0.717, 1.165) is 36.3 Å². The highest BCUT2D eigenvalue weighted by Gasteiger charge is 2.08. The third-order valence-electron chi connectivity index (χ3n) is 4.06. The van der Waals surface area contributed by atoms with E-state index in [1.54, 1.807) is 6.07 Å². The Balaban J connectivity index is 2.28. The van der Waals surface area contributed by atoms with Crippen LogP contribution in [0.1, 0.15) is 47.2 Å². The van der Waals surface area contributed by atoms with Crippen molar-refractivity contribution in [2.24, 2.45) is 0 Å². The summed E-state index contributed by atoms with van der Waals surface area (Å²) in [7, 11) is 0. The molecule has 2 aromatic rings. The van der Waals surface area contributed by atoms with Gasteiger partial charge in [-0.15, -0.1) is 0 Å². The van der Waals surface area contributed by atoms with Crippen LogP contribution >= 0.6 is 11.6 Å². The molecule has 0 aliphatic rings. The van der Waals surface area contributed by atoms with Crippen molar-refractivity contribution in [2.45, 2.75) is 39.5 Å².